The Morgan fingerprint density at radius 3 is 2.72 bits per heavy atom. The van der Waals surface area contributed by atoms with E-state index in [1.165, 1.54) is 4.68 Å². The van der Waals surface area contributed by atoms with Crippen molar-refractivity contribution in [2.24, 2.45) is 7.05 Å². The van der Waals surface area contributed by atoms with Crippen molar-refractivity contribution < 1.29 is 9.21 Å². The Morgan fingerprint density at radius 1 is 1.12 bits per heavy atom. The Hall–Kier alpha value is -3.48. The molecule has 1 aromatic carbocycles. The quantitative estimate of drug-likeness (QED) is 0.622. The Balaban J connectivity index is 1.66. The average Bonchev–Trinajstić information content (AvgIpc) is 3.20. The number of hydrogen-bond donors (Lipinski definition) is 1. The second kappa shape index (κ2) is 5.86. The number of nitrogens with one attached hydrogen (secondary N) is 1. The van der Waals surface area contributed by atoms with Crippen molar-refractivity contribution in [1.29, 1.82) is 0 Å². The van der Waals surface area contributed by atoms with Crippen molar-refractivity contribution in [3.05, 3.63) is 59.9 Å². The van der Waals surface area contributed by atoms with Crippen LogP contribution in [0.4, 0.5) is 6.01 Å². The molecule has 0 unspecified atom stereocenters. The topological polar surface area (TPSA) is 85.8 Å². The molecule has 1 amide bonds. The van der Waals surface area contributed by atoms with Crippen LogP contribution in [0.15, 0.2) is 53.1 Å². The third kappa shape index (κ3) is 2.76. The van der Waals surface area contributed by atoms with Gasteiger partial charge in [-0.3, -0.25) is 14.8 Å². The molecule has 25 heavy (non-hydrogen) atoms. The average molecular weight is 333 g/mol. The fraction of sp³-hybridized carbons (Fsp3) is 0.111. The molecular weight excluding hydrogens is 318 g/mol. The number of hydrogen-bond acceptors (Lipinski definition) is 5. The number of aromatic nitrogens is 4. The molecule has 0 aliphatic heterocycles. The molecule has 3 aromatic heterocycles. The Morgan fingerprint density at radius 2 is 1.96 bits per heavy atom. The molecule has 0 aliphatic rings. The smallest absolute Gasteiger partial charge is 0.304 e. The predicted molar refractivity (Wildman–Crippen MR) is 93.1 cm³/mol. The number of anilines is 1. The molecule has 0 aliphatic carbocycles. The molecule has 3 heterocycles. The Kier molecular flexibility index (Phi) is 3.53. The first-order chi connectivity index (χ1) is 12.1. The van der Waals surface area contributed by atoms with E-state index in [0.29, 0.717) is 16.9 Å². The van der Waals surface area contributed by atoms with Gasteiger partial charge in [0.25, 0.3) is 5.91 Å². The second-order valence-corrected chi connectivity index (χ2v) is 5.65. The van der Waals surface area contributed by atoms with Gasteiger partial charge in [-0.25, -0.2) is 4.98 Å². The van der Waals surface area contributed by atoms with Crippen LogP contribution in [0.25, 0.3) is 22.5 Å². The van der Waals surface area contributed by atoms with Gasteiger partial charge >= 0.3 is 6.01 Å². The zero-order chi connectivity index (χ0) is 17.4. The van der Waals surface area contributed by atoms with Crippen LogP contribution >= 0.6 is 0 Å². The summed E-state index contributed by atoms with van der Waals surface area (Å²) >= 11 is 0. The van der Waals surface area contributed by atoms with Crippen molar-refractivity contribution in [1.82, 2.24) is 19.7 Å². The summed E-state index contributed by atoms with van der Waals surface area (Å²) in [6.07, 6.45) is 1.55. The highest BCUT2D eigenvalue weighted by Crippen LogP contribution is 2.25. The van der Waals surface area contributed by atoms with Crippen molar-refractivity contribution in [3.8, 4) is 11.3 Å². The van der Waals surface area contributed by atoms with E-state index in [2.05, 4.69) is 20.4 Å². The summed E-state index contributed by atoms with van der Waals surface area (Å²) in [5.41, 5.74) is 4.32. The second-order valence-electron chi connectivity index (χ2n) is 5.65. The van der Waals surface area contributed by atoms with Gasteiger partial charge in [0.2, 0.25) is 5.71 Å². The first-order valence-electron chi connectivity index (χ1n) is 7.75. The highest BCUT2D eigenvalue weighted by Gasteiger charge is 2.15. The molecule has 1 N–H and O–H groups in total. The molecule has 0 fully saturated rings. The van der Waals surface area contributed by atoms with Crippen LogP contribution in [0.2, 0.25) is 0 Å². The molecule has 4 rings (SSSR count). The summed E-state index contributed by atoms with van der Waals surface area (Å²) in [5, 5.41) is 6.60. The van der Waals surface area contributed by atoms with Crippen LogP contribution in [-0.2, 0) is 7.05 Å². The van der Waals surface area contributed by atoms with Gasteiger partial charge in [0.1, 0.15) is 11.2 Å². The van der Waals surface area contributed by atoms with E-state index in [9.17, 15) is 4.79 Å². The number of nitrogens with zero attached hydrogens (tertiary/aromatic N) is 4. The summed E-state index contributed by atoms with van der Waals surface area (Å²) in [6, 6.07) is 13.4. The van der Waals surface area contributed by atoms with E-state index in [4.69, 9.17) is 4.42 Å². The SMILES string of the molecule is Cc1ccccc1-c1ccc2nc(NC(=O)c3ccnn3C)oc2n1. The van der Waals surface area contributed by atoms with Gasteiger partial charge in [-0.1, -0.05) is 24.3 Å². The lowest BCUT2D eigenvalue weighted by molar-refractivity contribution is 0.101. The molecule has 0 bridgehead atoms. The van der Waals surface area contributed by atoms with Gasteiger partial charge in [0.15, 0.2) is 0 Å². The standard InChI is InChI=1S/C18H15N5O2/c1-11-5-3-4-6-12(11)13-7-8-14-17(20-13)25-18(21-14)22-16(24)15-9-10-19-23(15)2/h3-10H,1-2H3,(H,21,22,24). The number of oxazole rings is 1. The van der Waals surface area contributed by atoms with Gasteiger partial charge in [-0.15, -0.1) is 0 Å². The van der Waals surface area contributed by atoms with E-state index >= 15 is 0 Å². The lowest BCUT2D eigenvalue weighted by Gasteiger charge is -2.03. The molecule has 0 saturated carbocycles. The van der Waals surface area contributed by atoms with Gasteiger partial charge in [-0.2, -0.15) is 10.1 Å². The van der Waals surface area contributed by atoms with Crippen LogP contribution in [0, 0.1) is 6.92 Å². The van der Waals surface area contributed by atoms with Crippen LogP contribution in [0.1, 0.15) is 16.1 Å². The number of amides is 1. The summed E-state index contributed by atoms with van der Waals surface area (Å²) in [5.74, 6) is -0.342. The summed E-state index contributed by atoms with van der Waals surface area (Å²) < 4.78 is 7.07. The molecule has 7 heteroatoms. The fourth-order valence-electron chi connectivity index (χ4n) is 2.64. The maximum Gasteiger partial charge on any atom is 0.304 e. The summed E-state index contributed by atoms with van der Waals surface area (Å²) in [7, 11) is 1.69. The number of aryl methyl sites for hydroxylation is 2. The highest BCUT2D eigenvalue weighted by molar-refractivity contribution is 6.02. The van der Waals surface area contributed by atoms with Crippen LogP contribution in [0.3, 0.4) is 0 Å². The predicted octanol–water partition coefficient (Wildman–Crippen LogP) is 3.18. The number of benzene rings is 1. The number of rotatable bonds is 3. The van der Waals surface area contributed by atoms with Crippen molar-refractivity contribution >= 4 is 23.2 Å². The largest absolute Gasteiger partial charge is 0.404 e. The first-order valence-corrected chi connectivity index (χ1v) is 7.75. The number of carbonyl (C=O) groups is 1. The number of pyridine rings is 1. The lowest BCUT2D eigenvalue weighted by atomic mass is 10.1. The molecule has 0 spiro atoms. The minimum absolute atomic E-state index is 0.107. The van der Waals surface area contributed by atoms with E-state index < -0.39 is 0 Å². The van der Waals surface area contributed by atoms with E-state index in [0.717, 1.165) is 16.8 Å². The molecule has 0 radical (unpaired) electrons. The maximum atomic E-state index is 12.2. The maximum absolute atomic E-state index is 12.2. The first kappa shape index (κ1) is 15.1. The Bertz CT molecular complexity index is 1080. The molecule has 124 valence electrons. The fourth-order valence-corrected chi connectivity index (χ4v) is 2.64. The van der Waals surface area contributed by atoms with Crippen molar-refractivity contribution in [3.63, 3.8) is 0 Å². The Labute approximate surface area is 143 Å². The van der Waals surface area contributed by atoms with E-state index in [1.54, 1.807) is 19.3 Å². The molecular formula is C18H15N5O2. The summed E-state index contributed by atoms with van der Waals surface area (Å²) in [6.45, 7) is 2.03. The molecule has 0 saturated heterocycles. The number of fused-ring (bicyclic) bond motifs is 1. The van der Waals surface area contributed by atoms with Crippen LogP contribution in [0.5, 0.6) is 0 Å². The van der Waals surface area contributed by atoms with Crippen LogP contribution in [-0.4, -0.2) is 25.7 Å². The monoisotopic (exact) mass is 333 g/mol. The lowest BCUT2D eigenvalue weighted by Crippen LogP contribution is -2.16. The third-order valence-corrected chi connectivity index (χ3v) is 3.95. The van der Waals surface area contributed by atoms with Crippen LogP contribution < -0.4 is 5.32 Å². The zero-order valence-corrected chi connectivity index (χ0v) is 13.7. The molecule has 4 aromatic rings. The molecule has 7 nitrogen and oxygen atoms in total. The minimum Gasteiger partial charge on any atom is -0.404 e. The zero-order valence-electron chi connectivity index (χ0n) is 13.7. The van der Waals surface area contributed by atoms with Gasteiger partial charge in [0.05, 0.1) is 5.69 Å². The van der Waals surface area contributed by atoms with E-state index in [-0.39, 0.29) is 11.9 Å². The van der Waals surface area contributed by atoms with Gasteiger partial charge in [-0.05, 0) is 30.7 Å². The normalized spacial score (nSPS) is 11.0. The summed E-state index contributed by atoms with van der Waals surface area (Å²) in [4.78, 5) is 21.0. The third-order valence-electron chi connectivity index (χ3n) is 3.95. The minimum atomic E-state index is -0.342. The van der Waals surface area contributed by atoms with E-state index in [1.807, 2.05) is 43.3 Å². The van der Waals surface area contributed by atoms with Gasteiger partial charge in [0, 0.05) is 18.8 Å². The van der Waals surface area contributed by atoms with Crippen molar-refractivity contribution in [2.45, 2.75) is 6.92 Å². The van der Waals surface area contributed by atoms with Gasteiger partial charge < -0.3 is 4.42 Å². The van der Waals surface area contributed by atoms with Crippen molar-refractivity contribution in [2.75, 3.05) is 5.32 Å². The molecule has 0 atom stereocenters. The highest BCUT2D eigenvalue weighted by atomic mass is 16.4. The number of carbonyl (C=O) groups excluding carboxylic acids is 1.